The summed E-state index contributed by atoms with van der Waals surface area (Å²) in [5.41, 5.74) is 2.96. The predicted molar refractivity (Wildman–Crippen MR) is 103 cm³/mol. The van der Waals surface area contributed by atoms with Crippen molar-refractivity contribution in [3.8, 4) is 0 Å². The number of aryl methyl sites for hydroxylation is 1. The van der Waals surface area contributed by atoms with Gasteiger partial charge >= 0.3 is 11.9 Å². The van der Waals surface area contributed by atoms with Crippen molar-refractivity contribution >= 4 is 17.8 Å². The number of esters is 2. The third-order valence-corrected chi connectivity index (χ3v) is 4.88. The van der Waals surface area contributed by atoms with E-state index in [0.29, 0.717) is 5.56 Å². The third-order valence-electron chi connectivity index (χ3n) is 4.88. The molecule has 1 N–H and O–H groups in total. The number of fused-ring (bicyclic) bond motifs is 1. The molecule has 3 rings (SSSR count). The zero-order chi connectivity index (χ0) is 20.1. The molecule has 2 atom stereocenters. The van der Waals surface area contributed by atoms with Crippen molar-refractivity contribution in [2.24, 2.45) is 0 Å². The van der Waals surface area contributed by atoms with Crippen LogP contribution in [0, 0.1) is 0 Å². The number of ether oxygens (including phenoxy) is 2. The predicted octanol–water partition coefficient (Wildman–Crippen LogP) is 3.21. The summed E-state index contributed by atoms with van der Waals surface area (Å²) >= 11 is 0. The summed E-state index contributed by atoms with van der Waals surface area (Å²) in [7, 11) is 1.29. The quantitative estimate of drug-likeness (QED) is 0.805. The largest absolute Gasteiger partial charge is 0.465 e. The SMILES string of the molecule is COC(=O)c1ccc(C(=O)O[C@H](C)C(=O)N[C@@H]2CCCc3ccccc32)cc1. The van der Waals surface area contributed by atoms with Crippen molar-refractivity contribution in [2.45, 2.75) is 38.3 Å². The minimum atomic E-state index is -0.929. The van der Waals surface area contributed by atoms with Crippen LogP contribution in [0.4, 0.5) is 0 Å². The number of nitrogens with one attached hydrogen (secondary N) is 1. The van der Waals surface area contributed by atoms with Crippen LogP contribution in [-0.2, 0) is 20.7 Å². The highest BCUT2D eigenvalue weighted by Gasteiger charge is 2.25. The van der Waals surface area contributed by atoms with Crippen LogP contribution in [0.3, 0.4) is 0 Å². The van der Waals surface area contributed by atoms with Crippen LogP contribution in [-0.4, -0.2) is 31.1 Å². The normalized spacial score (nSPS) is 16.4. The minimum absolute atomic E-state index is 0.0714. The summed E-state index contributed by atoms with van der Waals surface area (Å²) in [5, 5.41) is 2.99. The average Bonchev–Trinajstić information content (AvgIpc) is 2.73. The first-order chi connectivity index (χ1) is 13.5. The van der Waals surface area contributed by atoms with E-state index in [-0.39, 0.29) is 17.5 Å². The molecular weight excluding hydrogens is 358 g/mol. The van der Waals surface area contributed by atoms with Gasteiger partial charge in [0.05, 0.1) is 24.3 Å². The van der Waals surface area contributed by atoms with Gasteiger partial charge in [-0.3, -0.25) is 4.79 Å². The number of methoxy groups -OCH3 is 1. The van der Waals surface area contributed by atoms with Crippen molar-refractivity contribution in [1.82, 2.24) is 5.32 Å². The van der Waals surface area contributed by atoms with E-state index >= 15 is 0 Å². The molecule has 0 heterocycles. The van der Waals surface area contributed by atoms with Gasteiger partial charge in [-0.05, 0) is 61.6 Å². The maximum Gasteiger partial charge on any atom is 0.338 e. The lowest BCUT2D eigenvalue weighted by Crippen LogP contribution is -2.39. The smallest absolute Gasteiger partial charge is 0.338 e. The Hall–Kier alpha value is -3.15. The lowest BCUT2D eigenvalue weighted by atomic mass is 9.87. The van der Waals surface area contributed by atoms with Gasteiger partial charge in [0.15, 0.2) is 6.10 Å². The molecule has 6 heteroatoms. The molecule has 1 amide bonds. The van der Waals surface area contributed by atoms with Crippen molar-refractivity contribution in [2.75, 3.05) is 7.11 Å². The average molecular weight is 381 g/mol. The van der Waals surface area contributed by atoms with Crippen LogP contribution in [0.15, 0.2) is 48.5 Å². The highest BCUT2D eigenvalue weighted by Crippen LogP contribution is 2.29. The number of hydrogen-bond acceptors (Lipinski definition) is 5. The summed E-state index contributed by atoms with van der Waals surface area (Å²) < 4.78 is 9.91. The second-order valence-corrected chi connectivity index (χ2v) is 6.77. The number of hydrogen-bond donors (Lipinski definition) is 1. The summed E-state index contributed by atoms with van der Waals surface area (Å²) in [6.07, 6.45) is 1.94. The lowest BCUT2D eigenvalue weighted by molar-refractivity contribution is -0.130. The molecule has 0 aliphatic heterocycles. The van der Waals surface area contributed by atoms with E-state index in [4.69, 9.17) is 4.74 Å². The van der Waals surface area contributed by atoms with E-state index in [1.807, 2.05) is 18.2 Å². The van der Waals surface area contributed by atoms with E-state index < -0.39 is 18.0 Å². The highest BCUT2D eigenvalue weighted by molar-refractivity contribution is 5.94. The maximum absolute atomic E-state index is 12.5. The molecule has 28 heavy (non-hydrogen) atoms. The van der Waals surface area contributed by atoms with Gasteiger partial charge in [-0.1, -0.05) is 24.3 Å². The molecule has 0 spiro atoms. The van der Waals surface area contributed by atoms with Crippen LogP contribution >= 0.6 is 0 Å². The molecule has 1 aliphatic rings. The van der Waals surface area contributed by atoms with E-state index in [1.54, 1.807) is 6.92 Å². The van der Waals surface area contributed by atoms with E-state index in [2.05, 4.69) is 16.1 Å². The van der Waals surface area contributed by atoms with Gasteiger partial charge in [-0.25, -0.2) is 9.59 Å². The van der Waals surface area contributed by atoms with Gasteiger partial charge < -0.3 is 14.8 Å². The van der Waals surface area contributed by atoms with Gasteiger partial charge in [0.1, 0.15) is 0 Å². The Morgan fingerprint density at radius 2 is 1.64 bits per heavy atom. The Kier molecular flexibility index (Phi) is 6.09. The Labute approximate surface area is 163 Å². The second kappa shape index (κ2) is 8.69. The highest BCUT2D eigenvalue weighted by atomic mass is 16.5. The monoisotopic (exact) mass is 381 g/mol. The summed E-state index contributed by atoms with van der Waals surface area (Å²) in [4.78, 5) is 36.3. The Bertz CT molecular complexity index is 875. The van der Waals surface area contributed by atoms with E-state index in [9.17, 15) is 14.4 Å². The van der Waals surface area contributed by atoms with E-state index in [0.717, 1.165) is 24.8 Å². The molecule has 0 saturated carbocycles. The van der Waals surface area contributed by atoms with Crippen LogP contribution in [0.5, 0.6) is 0 Å². The fourth-order valence-corrected chi connectivity index (χ4v) is 3.34. The van der Waals surface area contributed by atoms with Gasteiger partial charge in [0, 0.05) is 0 Å². The molecule has 0 unspecified atom stereocenters. The van der Waals surface area contributed by atoms with Crippen LogP contribution in [0.2, 0.25) is 0 Å². The molecule has 1 aliphatic carbocycles. The summed E-state index contributed by atoms with van der Waals surface area (Å²) in [5.74, 6) is -1.44. The van der Waals surface area contributed by atoms with Crippen molar-refractivity contribution in [1.29, 1.82) is 0 Å². The first-order valence-corrected chi connectivity index (χ1v) is 9.27. The molecule has 0 bridgehead atoms. The summed E-state index contributed by atoms with van der Waals surface area (Å²) in [6.45, 7) is 1.55. The number of benzene rings is 2. The van der Waals surface area contributed by atoms with Crippen molar-refractivity contribution in [3.05, 3.63) is 70.8 Å². The topological polar surface area (TPSA) is 81.7 Å². The van der Waals surface area contributed by atoms with Crippen LogP contribution < -0.4 is 5.32 Å². The van der Waals surface area contributed by atoms with Crippen molar-refractivity contribution in [3.63, 3.8) is 0 Å². The molecule has 0 fully saturated rings. The molecule has 146 valence electrons. The lowest BCUT2D eigenvalue weighted by Gasteiger charge is -2.27. The number of rotatable bonds is 5. The first kappa shape index (κ1) is 19.6. The first-order valence-electron chi connectivity index (χ1n) is 9.27. The standard InChI is InChI=1S/C22H23NO5/c1-14(28-22(26)17-12-10-16(11-13-17)21(25)27-2)20(24)23-19-9-5-7-15-6-3-4-8-18(15)19/h3-4,6,8,10-14,19H,5,7,9H2,1-2H3,(H,23,24)/t14-,19-/m1/s1. The molecule has 2 aromatic carbocycles. The fraction of sp³-hybridized carbons (Fsp3) is 0.318. The van der Waals surface area contributed by atoms with Gasteiger partial charge in [0.25, 0.3) is 5.91 Å². The maximum atomic E-state index is 12.5. The number of amides is 1. The molecule has 0 saturated heterocycles. The Morgan fingerprint density at radius 3 is 2.32 bits per heavy atom. The zero-order valence-corrected chi connectivity index (χ0v) is 15.9. The fourth-order valence-electron chi connectivity index (χ4n) is 3.34. The number of carbonyl (C=O) groups excluding carboxylic acids is 3. The van der Waals surface area contributed by atoms with Gasteiger partial charge in [-0.15, -0.1) is 0 Å². The third kappa shape index (κ3) is 4.39. The van der Waals surface area contributed by atoms with Gasteiger partial charge in [-0.2, -0.15) is 0 Å². The Balaban J connectivity index is 1.60. The van der Waals surface area contributed by atoms with Crippen LogP contribution in [0.1, 0.15) is 57.7 Å². The molecule has 0 radical (unpaired) electrons. The summed E-state index contributed by atoms with van der Waals surface area (Å²) in [6, 6.07) is 13.9. The molecule has 0 aromatic heterocycles. The molecule has 6 nitrogen and oxygen atoms in total. The van der Waals surface area contributed by atoms with Crippen molar-refractivity contribution < 1.29 is 23.9 Å². The van der Waals surface area contributed by atoms with E-state index in [1.165, 1.54) is 36.9 Å². The molecule has 2 aromatic rings. The second-order valence-electron chi connectivity index (χ2n) is 6.77. The van der Waals surface area contributed by atoms with Gasteiger partial charge in [0.2, 0.25) is 0 Å². The molecular formula is C22H23NO5. The van der Waals surface area contributed by atoms with Crippen LogP contribution in [0.25, 0.3) is 0 Å². The Morgan fingerprint density at radius 1 is 1.00 bits per heavy atom. The zero-order valence-electron chi connectivity index (χ0n) is 15.9. The minimum Gasteiger partial charge on any atom is -0.465 e. The number of carbonyl (C=O) groups is 3.